The lowest BCUT2D eigenvalue weighted by atomic mass is 9.62. The zero-order valence-electron chi connectivity index (χ0n) is 13.7. The van der Waals surface area contributed by atoms with E-state index in [9.17, 15) is 20.0 Å². The highest BCUT2D eigenvalue weighted by molar-refractivity contribution is 7.16. The number of aryl methyl sites for hydroxylation is 1. The monoisotopic (exact) mass is 344 g/mol. The second-order valence-electron chi connectivity index (χ2n) is 6.48. The third-order valence-corrected chi connectivity index (χ3v) is 6.31. The van der Waals surface area contributed by atoms with Crippen LogP contribution in [0.5, 0.6) is 0 Å². The smallest absolute Gasteiger partial charge is 0.307 e. The third kappa shape index (κ3) is 2.63. The lowest BCUT2D eigenvalue weighted by Crippen LogP contribution is -2.47. The summed E-state index contributed by atoms with van der Waals surface area (Å²) in [6.07, 6.45) is 6.33. The number of carboxylic acids is 1. The van der Waals surface area contributed by atoms with Crippen molar-refractivity contribution < 1.29 is 14.7 Å². The number of carbonyl (C=O) groups excluding carboxylic acids is 1. The van der Waals surface area contributed by atoms with E-state index in [-0.39, 0.29) is 17.7 Å². The van der Waals surface area contributed by atoms with Crippen LogP contribution in [0, 0.1) is 41.9 Å². The van der Waals surface area contributed by atoms with Crippen molar-refractivity contribution in [1.82, 2.24) is 0 Å². The van der Waals surface area contributed by atoms with E-state index in [0.29, 0.717) is 10.6 Å². The van der Waals surface area contributed by atoms with Crippen LogP contribution in [0.3, 0.4) is 0 Å². The van der Waals surface area contributed by atoms with Gasteiger partial charge in [-0.05, 0) is 43.6 Å². The Kier molecular flexibility index (Phi) is 4.46. The van der Waals surface area contributed by atoms with Crippen LogP contribution >= 0.6 is 11.3 Å². The normalized spacial score (nSPS) is 27.7. The first-order valence-electron chi connectivity index (χ1n) is 8.22. The van der Waals surface area contributed by atoms with Crippen LogP contribution in [-0.4, -0.2) is 17.0 Å². The summed E-state index contributed by atoms with van der Waals surface area (Å²) in [5.41, 5.74) is 1.47. The van der Waals surface area contributed by atoms with E-state index in [1.54, 1.807) is 0 Å². The molecule has 4 atom stereocenters. The molecule has 1 heterocycles. The van der Waals surface area contributed by atoms with Crippen LogP contribution in [-0.2, 0) is 16.0 Å². The number of nitriles is 1. The molecule has 1 amide bonds. The number of carbonyl (C=O) groups is 2. The van der Waals surface area contributed by atoms with Crippen LogP contribution in [0.25, 0.3) is 0 Å². The van der Waals surface area contributed by atoms with Crippen molar-refractivity contribution >= 4 is 28.2 Å². The minimum atomic E-state index is -0.911. The average molecular weight is 344 g/mol. The first-order chi connectivity index (χ1) is 11.5. The number of thiophene rings is 1. The lowest BCUT2D eigenvalue weighted by Gasteiger charge is -2.41. The van der Waals surface area contributed by atoms with Gasteiger partial charge in [0.1, 0.15) is 11.1 Å². The number of carboxylic acid groups (broad SMARTS) is 1. The average Bonchev–Trinajstić information content (AvgIpc) is 2.88. The molecule has 0 spiro atoms. The van der Waals surface area contributed by atoms with Gasteiger partial charge in [0.05, 0.1) is 17.4 Å². The van der Waals surface area contributed by atoms with Gasteiger partial charge in [-0.15, -0.1) is 11.3 Å². The maximum Gasteiger partial charge on any atom is 0.307 e. The van der Waals surface area contributed by atoms with Crippen LogP contribution in [0.2, 0.25) is 0 Å². The second kappa shape index (κ2) is 6.40. The molecule has 3 aliphatic carbocycles. The van der Waals surface area contributed by atoms with Crippen molar-refractivity contribution in [2.45, 2.75) is 33.1 Å². The largest absolute Gasteiger partial charge is 0.481 e. The Morgan fingerprint density at radius 3 is 2.46 bits per heavy atom. The van der Waals surface area contributed by atoms with E-state index in [4.69, 9.17) is 0 Å². The molecule has 2 bridgehead atoms. The SMILES string of the molecule is CCc1c(C)sc(NC(=O)[C@@H]2[C@@H](C(=O)O)[C@H]3C=C[C@H]2CC3)c1C#N. The molecule has 2 N–H and O–H groups in total. The van der Waals surface area contributed by atoms with E-state index >= 15 is 0 Å². The maximum absolute atomic E-state index is 12.8. The molecule has 0 saturated heterocycles. The van der Waals surface area contributed by atoms with Gasteiger partial charge in [0, 0.05) is 4.88 Å². The molecular weight excluding hydrogens is 324 g/mol. The lowest BCUT2D eigenvalue weighted by molar-refractivity contribution is -0.151. The van der Waals surface area contributed by atoms with Gasteiger partial charge in [-0.2, -0.15) is 5.26 Å². The van der Waals surface area contributed by atoms with Crippen molar-refractivity contribution in [1.29, 1.82) is 5.26 Å². The molecule has 1 saturated carbocycles. The Labute approximate surface area is 145 Å². The summed E-state index contributed by atoms with van der Waals surface area (Å²) in [7, 11) is 0. The minimum Gasteiger partial charge on any atom is -0.481 e. The first-order valence-corrected chi connectivity index (χ1v) is 9.03. The number of anilines is 1. The highest BCUT2D eigenvalue weighted by Gasteiger charge is 2.48. The van der Waals surface area contributed by atoms with Gasteiger partial charge in [-0.3, -0.25) is 9.59 Å². The number of hydrogen-bond acceptors (Lipinski definition) is 4. The molecule has 3 aliphatic rings. The molecule has 5 nitrogen and oxygen atoms in total. The fourth-order valence-corrected chi connectivity index (χ4v) is 5.19. The quantitative estimate of drug-likeness (QED) is 0.820. The predicted octanol–water partition coefficient (Wildman–Crippen LogP) is 3.34. The van der Waals surface area contributed by atoms with Crippen LogP contribution in [0.4, 0.5) is 5.00 Å². The second-order valence-corrected chi connectivity index (χ2v) is 7.70. The van der Waals surface area contributed by atoms with Gasteiger partial charge < -0.3 is 10.4 Å². The number of amides is 1. The fraction of sp³-hybridized carbons (Fsp3) is 0.500. The van der Waals surface area contributed by atoms with Gasteiger partial charge >= 0.3 is 5.97 Å². The Morgan fingerprint density at radius 2 is 1.96 bits per heavy atom. The predicted molar refractivity (Wildman–Crippen MR) is 91.7 cm³/mol. The molecule has 1 aromatic rings. The highest BCUT2D eigenvalue weighted by Crippen LogP contribution is 2.46. The topological polar surface area (TPSA) is 90.2 Å². The summed E-state index contributed by atoms with van der Waals surface area (Å²) in [6, 6.07) is 2.18. The molecule has 0 radical (unpaired) electrons. The van der Waals surface area contributed by atoms with E-state index in [1.807, 2.05) is 26.0 Å². The zero-order valence-corrected chi connectivity index (χ0v) is 14.5. The van der Waals surface area contributed by atoms with Crippen LogP contribution in [0.1, 0.15) is 35.8 Å². The van der Waals surface area contributed by atoms with E-state index < -0.39 is 17.8 Å². The van der Waals surface area contributed by atoms with Gasteiger partial charge in [0.25, 0.3) is 0 Å². The number of nitrogens with zero attached hydrogens (tertiary/aromatic N) is 1. The molecule has 0 aliphatic heterocycles. The molecule has 126 valence electrons. The Morgan fingerprint density at radius 1 is 1.33 bits per heavy atom. The van der Waals surface area contributed by atoms with Crippen LogP contribution in [0.15, 0.2) is 12.2 Å². The zero-order chi connectivity index (χ0) is 17.4. The molecular formula is C18H20N2O3S. The van der Waals surface area contributed by atoms with Crippen LogP contribution < -0.4 is 5.32 Å². The molecule has 0 aromatic carbocycles. The Hall–Kier alpha value is -2.13. The molecule has 0 unspecified atom stereocenters. The van der Waals surface area contributed by atoms with E-state index in [1.165, 1.54) is 11.3 Å². The number of hydrogen-bond donors (Lipinski definition) is 2. The molecule has 1 aromatic heterocycles. The number of allylic oxidation sites excluding steroid dienone is 2. The highest BCUT2D eigenvalue weighted by atomic mass is 32.1. The summed E-state index contributed by atoms with van der Waals surface area (Å²) in [6.45, 7) is 3.91. The molecule has 1 fully saturated rings. The minimum absolute atomic E-state index is 0.0339. The first kappa shape index (κ1) is 16.7. The molecule has 24 heavy (non-hydrogen) atoms. The maximum atomic E-state index is 12.8. The van der Waals surface area contributed by atoms with Crippen molar-refractivity contribution in [2.75, 3.05) is 5.32 Å². The van der Waals surface area contributed by atoms with Crippen molar-refractivity contribution in [3.63, 3.8) is 0 Å². The fourth-order valence-electron chi connectivity index (χ4n) is 4.09. The third-order valence-electron chi connectivity index (χ3n) is 5.25. The van der Waals surface area contributed by atoms with Crippen molar-refractivity contribution in [3.05, 3.63) is 28.2 Å². The van der Waals surface area contributed by atoms with Crippen molar-refractivity contribution in [3.8, 4) is 6.07 Å². The van der Waals surface area contributed by atoms with E-state index in [0.717, 1.165) is 29.7 Å². The summed E-state index contributed by atoms with van der Waals surface area (Å²) in [5.74, 6) is -2.53. The van der Waals surface area contributed by atoms with Crippen molar-refractivity contribution in [2.24, 2.45) is 23.7 Å². The summed E-state index contributed by atoms with van der Waals surface area (Å²) in [4.78, 5) is 25.5. The van der Waals surface area contributed by atoms with Gasteiger partial charge in [0.2, 0.25) is 5.91 Å². The van der Waals surface area contributed by atoms with Gasteiger partial charge in [0.15, 0.2) is 0 Å². The Bertz CT molecular complexity index is 759. The number of aliphatic carboxylic acids is 1. The van der Waals surface area contributed by atoms with Gasteiger partial charge in [-0.25, -0.2) is 0 Å². The Balaban J connectivity index is 1.89. The molecule has 4 rings (SSSR count). The number of fused-ring (bicyclic) bond motifs is 2. The standard InChI is InChI=1S/C18H20N2O3S/c1-3-12-9(2)24-17(13(12)8-19)20-16(21)14-10-4-6-11(7-5-10)15(14)18(22)23/h4,6,10-11,14-15H,3,5,7H2,1-2H3,(H,20,21)(H,22,23)/t10-,11-,14-,15-/m0/s1. The summed E-state index contributed by atoms with van der Waals surface area (Å²) >= 11 is 1.39. The number of rotatable bonds is 4. The summed E-state index contributed by atoms with van der Waals surface area (Å²) in [5, 5.41) is 22.4. The number of nitrogens with one attached hydrogen (secondary N) is 1. The van der Waals surface area contributed by atoms with Gasteiger partial charge in [-0.1, -0.05) is 19.1 Å². The van der Waals surface area contributed by atoms with E-state index in [2.05, 4.69) is 11.4 Å². The molecule has 6 heteroatoms. The summed E-state index contributed by atoms with van der Waals surface area (Å²) < 4.78 is 0.